The number of fused-ring (bicyclic) bond motifs is 2. The van der Waals surface area contributed by atoms with Gasteiger partial charge in [0.05, 0.1) is 0 Å². The van der Waals surface area contributed by atoms with Gasteiger partial charge < -0.3 is 18.9 Å². The molecule has 3 atom stereocenters. The first-order valence-corrected chi connectivity index (χ1v) is 8.29. The van der Waals surface area contributed by atoms with Crippen molar-refractivity contribution in [2.45, 2.75) is 25.0 Å². The molecular weight excluding hydrogens is 320 g/mol. The summed E-state index contributed by atoms with van der Waals surface area (Å²) in [6.45, 7) is 6.07. The van der Waals surface area contributed by atoms with Crippen LogP contribution in [0.25, 0.3) is 0 Å². The first-order chi connectivity index (χ1) is 12.1. The normalized spacial score (nSPS) is 29.6. The Morgan fingerprint density at radius 1 is 1.36 bits per heavy atom. The second-order valence-electron chi connectivity index (χ2n) is 6.50. The molecule has 0 aromatic heterocycles. The van der Waals surface area contributed by atoms with E-state index in [1.165, 1.54) is 0 Å². The highest BCUT2D eigenvalue weighted by Crippen LogP contribution is 2.48. The predicted molar refractivity (Wildman–Crippen MR) is 91.3 cm³/mol. The van der Waals surface area contributed by atoms with E-state index in [0.717, 1.165) is 22.6 Å². The van der Waals surface area contributed by atoms with Crippen molar-refractivity contribution < 1.29 is 23.7 Å². The Morgan fingerprint density at radius 2 is 2.16 bits per heavy atom. The van der Waals surface area contributed by atoms with Gasteiger partial charge in [-0.25, -0.2) is 0 Å². The zero-order valence-corrected chi connectivity index (χ0v) is 14.3. The van der Waals surface area contributed by atoms with Crippen molar-refractivity contribution in [2.75, 3.05) is 13.9 Å². The van der Waals surface area contributed by atoms with Gasteiger partial charge in [0, 0.05) is 31.1 Å². The summed E-state index contributed by atoms with van der Waals surface area (Å²) in [6, 6.07) is 5.81. The van der Waals surface area contributed by atoms with Gasteiger partial charge in [0.15, 0.2) is 22.9 Å². The number of ketones is 1. The van der Waals surface area contributed by atoms with Crippen molar-refractivity contribution in [3.05, 3.63) is 59.9 Å². The van der Waals surface area contributed by atoms with Crippen LogP contribution in [0.3, 0.4) is 0 Å². The molecule has 4 rings (SSSR count). The number of carbonyl (C=O) groups excluding carboxylic acids is 1. The lowest BCUT2D eigenvalue weighted by Gasteiger charge is -2.29. The zero-order valence-electron chi connectivity index (χ0n) is 14.3. The lowest BCUT2D eigenvalue weighted by atomic mass is 9.82. The Kier molecular flexibility index (Phi) is 3.69. The molecule has 0 unspecified atom stereocenters. The van der Waals surface area contributed by atoms with Gasteiger partial charge in [-0.05, 0) is 23.8 Å². The summed E-state index contributed by atoms with van der Waals surface area (Å²) in [4.78, 5) is 12.6. The molecule has 1 aromatic rings. The van der Waals surface area contributed by atoms with E-state index in [1.807, 2.05) is 24.3 Å². The molecule has 25 heavy (non-hydrogen) atoms. The van der Waals surface area contributed by atoms with Gasteiger partial charge in [0.25, 0.3) is 0 Å². The molecule has 130 valence electrons. The third-order valence-corrected chi connectivity index (χ3v) is 5.09. The Morgan fingerprint density at radius 3 is 2.92 bits per heavy atom. The Labute approximate surface area is 146 Å². The molecule has 1 aliphatic carbocycles. The minimum Gasteiger partial charge on any atom is -0.485 e. The van der Waals surface area contributed by atoms with Crippen molar-refractivity contribution in [3.8, 4) is 11.5 Å². The van der Waals surface area contributed by atoms with E-state index in [0.29, 0.717) is 12.2 Å². The summed E-state index contributed by atoms with van der Waals surface area (Å²) < 4.78 is 22.5. The van der Waals surface area contributed by atoms with Crippen molar-refractivity contribution in [3.63, 3.8) is 0 Å². The number of ether oxygens (including phenoxy) is 4. The monoisotopic (exact) mass is 340 g/mol. The molecule has 5 heteroatoms. The minimum atomic E-state index is -0.984. The fourth-order valence-electron chi connectivity index (χ4n) is 3.64. The van der Waals surface area contributed by atoms with Crippen molar-refractivity contribution in [1.29, 1.82) is 0 Å². The number of benzene rings is 1. The molecule has 0 bridgehead atoms. The van der Waals surface area contributed by atoms with Crippen LogP contribution in [0, 0.1) is 5.92 Å². The van der Waals surface area contributed by atoms with Crippen molar-refractivity contribution >= 4 is 5.78 Å². The third kappa shape index (κ3) is 2.38. The van der Waals surface area contributed by atoms with Crippen LogP contribution in [0.1, 0.15) is 25.0 Å². The topological polar surface area (TPSA) is 54.0 Å². The SMILES string of the molecule is C=CC[C@@]1(OC)C=C2C(=CC1=O)O[C@H](c1ccc3c(c1)OCO3)[C@H]2C. The molecule has 1 aromatic carbocycles. The fraction of sp³-hybridized carbons (Fsp3) is 0.350. The molecule has 1 fully saturated rings. The number of carbonyl (C=O) groups is 1. The molecule has 0 radical (unpaired) electrons. The van der Waals surface area contributed by atoms with Gasteiger partial charge in [-0.15, -0.1) is 6.58 Å². The van der Waals surface area contributed by atoms with Gasteiger partial charge in [-0.1, -0.05) is 19.1 Å². The summed E-state index contributed by atoms with van der Waals surface area (Å²) >= 11 is 0. The Hall–Kier alpha value is -2.53. The maximum Gasteiger partial charge on any atom is 0.231 e. The molecule has 0 saturated carbocycles. The first kappa shape index (κ1) is 16.0. The van der Waals surface area contributed by atoms with E-state index >= 15 is 0 Å². The quantitative estimate of drug-likeness (QED) is 0.786. The fourth-order valence-corrected chi connectivity index (χ4v) is 3.64. The van der Waals surface area contributed by atoms with E-state index in [4.69, 9.17) is 18.9 Å². The number of rotatable bonds is 4. The second kappa shape index (κ2) is 5.77. The summed E-state index contributed by atoms with van der Waals surface area (Å²) in [6.07, 6.45) is 5.39. The van der Waals surface area contributed by atoms with Gasteiger partial charge in [0.1, 0.15) is 11.9 Å². The second-order valence-corrected chi connectivity index (χ2v) is 6.50. The average Bonchev–Trinajstić information content (AvgIpc) is 3.20. The van der Waals surface area contributed by atoms with E-state index < -0.39 is 5.60 Å². The third-order valence-electron chi connectivity index (χ3n) is 5.09. The summed E-state index contributed by atoms with van der Waals surface area (Å²) in [5, 5.41) is 0. The van der Waals surface area contributed by atoms with Gasteiger partial charge in [-0.2, -0.15) is 0 Å². The average molecular weight is 340 g/mol. The summed E-state index contributed by atoms with van der Waals surface area (Å²) in [7, 11) is 1.55. The van der Waals surface area contributed by atoms with E-state index in [1.54, 1.807) is 19.3 Å². The van der Waals surface area contributed by atoms with E-state index in [-0.39, 0.29) is 24.6 Å². The lowest BCUT2D eigenvalue weighted by molar-refractivity contribution is -0.130. The maximum atomic E-state index is 12.6. The number of hydrogen-bond acceptors (Lipinski definition) is 5. The first-order valence-electron chi connectivity index (χ1n) is 8.29. The van der Waals surface area contributed by atoms with Gasteiger partial charge in [0.2, 0.25) is 6.79 Å². The van der Waals surface area contributed by atoms with Crippen LogP contribution in [-0.2, 0) is 14.3 Å². The van der Waals surface area contributed by atoms with Crippen LogP contribution in [0.4, 0.5) is 0 Å². The molecule has 3 aliphatic rings. The molecule has 2 heterocycles. The van der Waals surface area contributed by atoms with Crippen LogP contribution >= 0.6 is 0 Å². The zero-order chi connectivity index (χ0) is 17.6. The van der Waals surface area contributed by atoms with Crippen LogP contribution < -0.4 is 9.47 Å². The predicted octanol–water partition coefficient (Wildman–Crippen LogP) is 3.48. The van der Waals surface area contributed by atoms with E-state index in [2.05, 4.69) is 13.5 Å². The van der Waals surface area contributed by atoms with Crippen LogP contribution in [0.5, 0.6) is 11.5 Å². The summed E-state index contributed by atoms with van der Waals surface area (Å²) in [5.74, 6) is 2.05. The highest BCUT2D eigenvalue weighted by molar-refractivity contribution is 6.01. The lowest BCUT2D eigenvalue weighted by Crippen LogP contribution is -2.39. The number of allylic oxidation sites excluding steroid dienone is 1. The molecule has 1 saturated heterocycles. The molecule has 0 N–H and O–H groups in total. The Balaban J connectivity index is 1.70. The largest absolute Gasteiger partial charge is 0.485 e. The number of hydrogen-bond donors (Lipinski definition) is 0. The molecule has 0 spiro atoms. The molecule has 0 amide bonds. The minimum absolute atomic E-state index is 0.0825. The van der Waals surface area contributed by atoms with Crippen LogP contribution in [0.2, 0.25) is 0 Å². The maximum absolute atomic E-state index is 12.6. The van der Waals surface area contributed by atoms with Crippen LogP contribution in [-0.4, -0.2) is 25.3 Å². The molecular formula is C20H20O5. The Bertz CT molecular complexity index is 806. The van der Waals surface area contributed by atoms with Crippen LogP contribution in [0.15, 0.2) is 54.3 Å². The number of methoxy groups -OCH3 is 1. The highest BCUT2D eigenvalue weighted by Gasteiger charge is 2.45. The van der Waals surface area contributed by atoms with E-state index in [9.17, 15) is 4.79 Å². The highest BCUT2D eigenvalue weighted by atomic mass is 16.7. The van der Waals surface area contributed by atoms with Gasteiger partial charge >= 0.3 is 0 Å². The van der Waals surface area contributed by atoms with Gasteiger partial charge in [-0.3, -0.25) is 4.79 Å². The van der Waals surface area contributed by atoms with Crippen molar-refractivity contribution in [2.24, 2.45) is 5.92 Å². The molecule has 2 aliphatic heterocycles. The standard InChI is InChI=1S/C20H20O5/c1-4-7-20(22-3)10-14-12(2)19(25-16(14)9-18(20)21)13-5-6-15-17(8-13)24-11-23-15/h4-6,8-10,12,19H,1,7,11H2,2-3H3/t12-,19-,20+/m0/s1. The smallest absolute Gasteiger partial charge is 0.231 e. The molecule has 5 nitrogen and oxygen atoms in total. The van der Waals surface area contributed by atoms with Crippen molar-refractivity contribution in [1.82, 2.24) is 0 Å². The summed E-state index contributed by atoms with van der Waals surface area (Å²) in [5.41, 5.74) is 1.00.